The van der Waals surface area contributed by atoms with E-state index in [1.807, 2.05) is 36.4 Å². The second kappa shape index (κ2) is 11.7. The average Bonchev–Trinajstić information content (AvgIpc) is 2.83. The number of nitrogens with zero attached hydrogens (tertiary/aromatic N) is 1. The topological polar surface area (TPSA) is 91.2 Å². The van der Waals surface area contributed by atoms with Gasteiger partial charge >= 0.3 is 0 Å². The van der Waals surface area contributed by atoms with Crippen LogP contribution in [0.5, 0.6) is 5.75 Å². The summed E-state index contributed by atoms with van der Waals surface area (Å²) in [5.41, 5.74) is 1.96. The predicted molar refractivity (Wildman–Crippen MR) is 129 cm³/mol. The zero-order chi connectivity index (χ0) is 23.6. The summed E-state index contributed by atoms with van der Waals surface area (Å²) in [6.07, 6.45) is 1.48. The lowest BCUT2D eigenvalue weighted by Crippen LogP contribution is -2.23. The Labute approximate surface area is 201 Å². The van der Waals surface area contributed by atoms with E-state index in [2.05, 4.69) is 10.6 Å². The van der Waals surface area contributed by atoms with Gasteiger partial charge in [0, 0.05) is 11.6 Å². The summed E-state index contributed by atoms with van der Waals surface area (Å²) in [4.78, 5) is 24.4. The van der Waals surface area contributed by atoms with Gasteiger partial charge in [-0.3, -0.25) is 9.59 Å². The van der Waals surface area contributed by atoms with Gasteiger partial charge in [0.15, 0.2) is 6.61 Å². The van der Waals surface area contributed by atoms with Crippen molar-refractivity contribution in [3.05, 3.63) is 99.5 Å². The Morgan fingerprint density at radius 1 is 1.00 bits per heavy atom. The number of hydrogen-bond donors (Lipinski definition) is 2. The molecule has 0 saturated heterocycles. The third-order valence-electron chi connectivity index (χ3n) is 4.42. The number of carbonyl (C=O) groups excluding carboxylic acids is 2. The summed E-state index contributed by atoms with van der Waals surface area (Å²) in [7, 11) is 0. The minimum atomic E-state index is -0.460. The van der Waals surface area contributed by atoms with Gasteiger partial charge in [0.05, 0.1) is 10.7 Å². The fourth-order valence-electron chi connectivity index (χ4n) is 2.78. The van der Waals surface area contributed by atoms with E-state index >= 15 is 0 Å². The molecule has 0 bridgehead atoms. The Morgan fingerprint density at radius 2 is 1.73 bits per heavy atom. The Morgan fingerprint density at radius 3 is 2.42 bits per heavy atom. The zero-order valence-corrected chi connectivity index (χ0v) is 18.9. The van der Waals surface area contributed by atoms with Gasteiger partial charge in [0.25, 0.3) is 11.8 Å². The number of amides is 2. The van der Waals surface area contributed by atoms with Crippen molar-refractivity contribution in [2.75, 3.05) is 11.9 Å². The van der Waals surface area contributed by atoms with Crippen LogP contribution in [0.4, 0.5) is 5.69 Å². The number of halogens is 2. The van der Waals surface area contributed by atoms with Crippen molar-refractivity contribution >= 4 is 46.8 Å². The molecule has 0 spiro atoms. The molecule has 0 aliphatic heterocycles. The molecule has 0 unspecified atom stereocenters. The minimum absolute atomic E-state index is 0.0163. The lowest BCUT2D eigenvalue weighted by atomic mass is 10.1. The summed E-state index contributed by atoms with van der Waals surface area (Å²) in [5, 5.41) is 15.5. The van der Waals surface area contributed by atoms with Crippen LogP contribution in [-0.4, -0.2) is 18.4 Å². The SMILES string of the molecule is N#C/C(=C\c1ccc(OCC(=O)Nc2cc(Cl)ccc2Cl)cc1)C(=O)NCc1ccccc1. The average molecular weight is 480 g/mol. The highest BCUT2D eigenvalue weighted by atomic mass is 35.5. The van der Waals surface area contributed by atoms with Crippen LogP contribution >= 0.6 is 23.2 Å². The molecule has 8 heteroatoms. The second-order valence-electron chi connectivity index (χ2n) is 6.87. The van der Waals surface area contributed by atoms with Crippen molar-refractivity contribution in [2.24, 2.45) is 0 Å². The van der Waals surface area contributed by atoms with Gasteiger partial charge in [0.2, 0.25) is 0 Å². The summed E-state index contributed by atoms with van der Waals surface area (Å²) in [5.74, 6) is -0.408. The Balaban J connectivity index is 1.54. The molecule has 0 aliphatic carbocycles. The summed E-state index contributed by atoms with van der Waals surface area (Å²) in [6.45, 7) is 0.0945. The van der Waals surface area contributed by atoms with Crippen molar-refractivity contribution in [1.29, 1.82) is 5.26 Å². The molecular weight excluding hydrogens is 461 g/mol. The Hall–Kier alpha value is -3.79. The second-order valence-corrected chi connectivity index (χ2v) is 7.71. The van der Waals surface area contributed by atoms with Gasteiger partial charge in [-0.15, -0.1) is 0 Å². The van der Waals surface area contributed by atoms with Crippen molar-refractivity contribution in [2.45, 2.75) is 6.54 Å². The molecule has 6 nitrogen and oxygen atoms in total. The van der Waals surface area contributed by atoms with Gasteiger partial charge in [0.1, 0.15) is 17.4 Å². The molecule has 166 valence electrons. The summed E-state index contributed by atoms with van der Waals surface area (Å²) < 4.78 is 5.48. The maximum atomic E-state index is 12.3. The van der Waals surface area contributed by atoms with E-state index < -0.39 is 11.8 Å². The van der Waals surface area contributed by atoms with E-state index in [1.165, 1.54) is 6.08 Å². The number of nitrogens with one attached hydrogen (secondary N) is 2. The number of carbonyl (C=O) groups is 2. The largest absolute Gasteiger partial charge is 0.484 e. The van der Waals surface area contributed by atoms with Crippen molar-refractivity contribution in [3.8, 4) is 11.8 Å². The van der Waals surface area contributed by atoms with Crippen LogP contribution in [0.25, 0.3) is 6.08 Å². The third-order valence-corrected chi connectivity index (χ3v) is 4.99. The molecule has 0 atom stereocenters. The molecule has 2 amide bonds. The van der Waals surface area contributed by atoms with E-state index in [0.717, 1.165) is 5.56 Å². The van der Waals surface area contributed by atoms with Crippen LogP contribution in [0.15, 0.2) is 78.4 Å². The lowest BCUT2D eigenvalue weighted by Gasteiger charge is -2.09. The number of rotatable bonds is 8. The molecule has 0 aliphatic rings. The van der Waals surface area contributed by atoms with Crippen LogP contribution in [0.3, 0.4) is 0 Å². The molecule has 3 aromatic carbocycles. The van der Waals surface area contributed by atoms with Crippen molar-refractivity contribution in [1.82, 2.24) is 5.32 Å². The number of ether oxygens (including phenoxy) is 1. The van der Waals surface area contributed by atoms with E-state index in [0.29, 0.717) is 33.6 Å². The summed E-state index contributed by atoms with van der Waals surface area (Å²) >= 11 is 11.9. The monoisotopic (exact) mass is 479 g/mol. The lowest BCUT2D eigenvalue weighted by molar-refractivity contribution is -0.118. The van der Waals surface area contributed by atoms with Crippen LogP contribution in [0.2, 0.25) is 10.0 Å². The first kappa shape index (κ1) is 23.9. The van der Waals surface area contributed by atoms with Crippen LogP contribution in [0.1, 0.15) is 11.1 Å². The smallest absolute Gasteiger partial charge is 0.262 e. The highest BCUT2D eigenvalue weighted by molar-refractivity contribution is 6.35. The number of hydrogen-bond acceptors (Lipinski definition) is 4. The van der Waals surface area contributed by atoms with E-state index in [9.17, 15) is 14.9 Å². The normalized spacial score (nSPS) is 10.8. The first-order valence-corrected chi connectivity index (χ1v) is 10.6. The number of nitriles is 1. The standard InChI is InChI=1S/C25H19Cl2N3O3/c26-20-8-11-22(27)23(13-20)30-24(31)16-33-21-9-6-17(7-10-21)12-19(14-28)25(32)29-15-18-4-2-1-3-5-18/h1-13H,15-16H2,(H,29,32)(H,30,31)/b19-12+. The first-order chi connectivity index (χ1) is 15.9. The highest BCUT2D eigenvalue weighted by Crippen LogP contribution is 2.25. The molecule has 0 aromatic heterocycles. The van der Waals surface area contributed by atoms with Crippen molar-refractivity contribution < 1.29 is 14.3 Å². The Kier molecular flexibility index (Phi) is 8.48. The van der Waals surface area contributed by atoms with E-state index in [-0.39, 0.29) is 12.2 Å². The molecule has 0 fully saturated rings. The molecular formula is C25H19Cl2N3O3. The molecule has 0 saturated carbocycles. The van der Waals surface area contributed by atoms with Gasteiger partial charge in [-0.1, -0.05) is 65.7 Å². The predicted octanol–water partition coefficient (Wildman–Crippen LogP) is 5.23. The van der Waals surface area contributed by atoms with Gasteiger partial charge < -0.3 is 15.4 Å². The molecule has 0 radical (unpaired) electrons. The maximum Gasteiger partial charge on any atom is 0.262 e. The highest BCUT2D eigenvalue weighted by Gasteiger charge is 2.10. The number of benzene rings is 3. The maximum absolute atomic E-state index is 12.3. The number of anilines is 1. The molecule has 0 heterocycles. The molecule has 3 aromatic rings. The zero-order valence-electron chi connectivity index (χ0n) is 17.3. The first-order valence-electron chi connectivity index (χ1n) is 9.86. The molecule has 3 rings (SSSR count). The van der Waals surface area contributed by atoms with Crippen LogP contribution in [-0.2, 0) is 16.1 Å². The van der Waals surface area contributed by atoms with Gasteiger partial charge in [-0.2, -0.15) is 5.26 Å². The fraction of sp³-hybridized carbons (Fsp3) is 0.0800. The fourth-order valence-corrected chi connectivity index (χ4v) is 3.11. The van der Waals surface area contributed by atoms with Gasteiger partial charge in [-0.05, 0) is 47.5 Å². The third kappa shape index (κ3) is 7.39. The van der Waals surface area contributed by atoms with Crippen LogP contribution in [0, 0.1) is 11.3 Å². The molecule has 33 heavy (non-hydrogen) atoms. The van der Waals surface area contributed by atoms with E-state index in [1.54, 1.807) is 42.5 Å². The van der Waals surface area contributed by atoms with E-state index in [4.69, 9.17) is 27.9 Å². The van der Waals surface area contributed by atoms with Crippen molar-refractivity contribution in [3.63, 3.8) is 0 Å². The Bertz CT molecular complexity index is 1200. The summed E-state index contributed by atoms with van der Waals surface area (Å²) in [6, 6.07) is 22.7. The van der Waals surface area contributed by atoms with Crippen LogP contribution < -0.4 is 15.4 Å². The van der Waals surface area contributed by atoms with Gasteiger partial charge in [-0.25, -0.2) is 0 Å². The minimum Gasteiger partial charge on any atom is -0.484 e. The molecule has 2 N–H and O–H groups in total. The quantitative estimate of drug-likeness (QED) is 0.341.